The molecule has 31 heavy (non-hydrogen) atoms. The van der Waals surface area contributed by atoms with Crippen LogP contribution in [0.5, 0.6) is 5.75 Å². The molecule has 0 saturated heterocycles. The Hall–Kier alpha value is -3.12. The third-order valence-corrected chi connectivity index (χ3v) is 5.16. The number of hydrogen-bond donors (Lipinski definition) is 1. The summed E-state index contributed by atoms with van der Waals surface area (Å²) in [5, 5.41) is 3.24. The minimum absolute atomic E-state index is 0.296. The molecule has 0 aliphatic carbocycles. The number of nitrogens with zero attached hydrogens (tertiary/aromatic N) is 1. The fraction of sp³-hybridized carbons (Fsp3) is 0.360. The van der Waals surface area contributed by atoms with Gasteiger partial charge in [0.05, 0.1) is 12.2 Å². The first-order chi connectivity index (χ1) is 15.0. The second-order valence-electron chi connectivity index (χ2n) is 7.67. The Labute approximate surface area is 183 Å². The number of benzene rings is 2. The van der Waals surface area contributed by atoms with E-state index in [4.69, 9.17) is 9.47 Å². The van der Waals surface area contributed by atoms with Crippen LogP contribution >= 0.6 is 0 Å². The minimum atomic E-state index is -0.317. The van der Waals surface area contributed by atoms with Crippen molar-refractivity contribution in [3.05, 3.63) is 64.9 Å². The molecule has 6 heteroatoms. The van der Waals surface area contributed by atoms with Crippen molar-refractivity contribution >= 4 is 23.1 Å². The maximum atomic E-state index is 13.2. The van der Waals surface area contributed by atoms with Crippen molar-refractivity contribution < 1.29 is 19.1 Å². The largest absolute Gasteiger partial charge is 0.494 e. The topological polar surface area (TPSA) is 67.9 Å². The Morgan fingerprint density at radius 2 is 1.71 bits per heavy atom. The highest BCUT2D eigenvalue weighted by atomic mass is 16.5. The van der Waals surface area contributed by atoms with Crippen LogP contribution in [0.4, 0.5) is 5.69 Å². The van der Waals surface area contributed by atoms with E-state index in [1.54, 1.807) is 7.11 Å². The van der Waals surface area contributed by atoms with Crippen LogP contribution in [0, 0.1) is 13.8 Å². The van der Waals surface area contributed by atoms with Crippen molar-refractivity contribution in [2.75, 3.05) is 32.2 Å². The van der Waals surface area contributed by atoms with Crippen LogP contribution in [-0.4, -0.2) is 43.6 Å². The summed E-state index contributed by atoms with van der Waals surface area (Å²) < 4.78 is 10.7. The molecule has 0 fully saturated rings. The number of aryl methyl sites for hydroxylation is 2. The van der Waals surface area contributed by atoms with Crippen molar-refractivity contribution in [2.24, 2.45) is 0 Å². The Morgan fingerprint density at radius 3 is 2.35 bits per heavy atom. The van der Waals surface area contributed by atoms with Gasteiger partial charge in [-0.05, 0) is 56.0 Å². The van der Waals surface area contributed by atoms with Gasteiger partial charge in [-0.1, -0.05) is 36.8 Å². The van der Waals surface area contributed by atoms with Gasteiger partial charge in [0.1, 0.15) is 11.4 Å². The summed E-state index contributed by atoms with van der Waals surface area (Å²) in [6.07, 6.45) is 1.50. The molecule has 0 aromatic heterocycles. The molecule has 164 valence electrons. The van der Waals surface area contributed by atoms with E-state index >= 15 is 0 Å². The molecule has 0 bridgehead atoms. The molecule has 3 rings (SSSR count). The van der Waals surface area contributed by atoms with Crippen LogP contribution in [0.1, 0.15) is 36.5 Å². The van der Waals surface area contributed by atoms with E-state index in [-0.39, 0.29) is 11.8 Å². The quantitative estimate of drug-likeness (QED) is 0.456. The van der Waals surface area contributed by atoms with Gasteiger partial charge in [0.2, 0.25) is 0 Å². The molecular weight excluding hydrogens is 392 g/mol. The number of nitrogens with one attached hydrogen (secondary N) is 1. The van der Waals surface area contributed by atoms with E-state index in [0.717, 1.165) is 29.0 Å². The van der Waals surface area contributed by atoms with Gasteiger partial charge in [0.15, 0.2) is 0 Å². The first kappa shape index (κ1) is 22.6. The smallest absolute Gasteiger partial charge is 0.278 e. The van der Waals surface area contributed by atoms with Crippen molar-refractivity contribution in [2.45, 2.75) is 33.6 Å². The molecule has 6 nitrogen and oxygen atoms in total. The molecule has 0 spiro atoms. The SMILES string of the molecule is CCCOc1ccc(C2=C(Nc3ccc(C)cc3C)C(=O)N(CCCOC)C2=O)cc1. The molecule has 1 aliphatic heterocycles. The standard InChI is InChI=1S/C25H30N2O4/c1-5-14-31-20-10-8-19(9-11-20)22-23(26-21-12-7-17(2)16-18(21)3)25(29)27(24(22)28)13-6-15-30-4/h7-12,16,26H,5-6,13-15H2,1-4H3. The number of ether oxygens (including phenoxy) is 2. The Bertz CT molecular complexity index is 980. The molecule has 0 saturated carbocycles. The van der Waals surface area contributed by atoms with E-state index in [1.807, 2.05) is 63.2 Å². The molecule has 2 amide bonds. The zero-order valence-corrected chi connectivity index (χ0v) is 18.7. The van der Waals surface area contributed by atoms with Crippen molar-refractivity contribution in [3.8, 4) is 5.75 Å². The average Bonchev–Trinajstić information content (AvgIpc) is 2.99. The highest BCUT2D eigenvalue weighted by Crippen LogP contribution is 2.32. The number of imide groups is 1. The zero-order chi connectivity index (χ0) is 22.4. The van der Waals surface area contributed by atoms with Gasteiger partial charge in [-0.2, -0.15) is 0 Å². The van der Waals surface area contributed by atoms with Crippen LogP contribution in [0.2, 0.25) is 0 Å². The second kappa shape index (κ2) is 10.3. The monoisotopic (exact) mass is 422 g/mol. The lowest BCUT2D eigenvalue weighted by molar-refractivity contribution is -0.136. The van der Waals surface area contributed by atoms with E-state index in [9.17, 15) is 9.59 Å². The number of methoxy groups -OCH3 is 1. The molecule has 2 aromatic carbocycles. The van der Waals surface area contributed by atoms with Crippen molar-refractivity contribution in [1.29, 1.82) is 0 Å². The predicted octanol–water partition coefficient (Wildman–Crippen LogP) is 4.32. The summed E-state index contributed by atoms with van der Waals surface area (Å²) in [7, 11) is 1.60. The number of carbonyl (C=O) groups is 2. The van der Waals surface area contributed by atoms with Crippen molar-refractivity contribution in [1.82, 2.24) is 4.90 Å². The van der Waals surface area contributed by atoms with Gasteiger partial charge in [0, 0.05) is 25.9 Å². The predicted molar refractivity (Wildman–Crippen MR) is 122 cm³/mol. The summed E-state index contributed by atoms with van der Waals surface area (Å²) in [6.45, 7) is 7.47. The lowest BCUT2D eigenvalue weighted by Gasteiger charge is -2.15. The van der Waals surface area contributed by atoms with Crippen LogP contribution in [0.25, 0.3) is 5.57 Å². The Morgan fingerprint density at radius 1 is 0.968 bits per heavy atom. The van der Waals surface area contributed by atoms with Gasteiger partial charge >= 0.3 is 0 Å². The fourth-order valence-corrected chi connectivity index (χ4v) is 3.56. The fourth-order valence-electron chi connectivity index (χ4n) is 3.56. The van der Waals surface area contributed by atoms with Gasteiger partial charge < -0.3 is 14.8 Å². The second-order valence-corrected chi connectivity index (χ2v) is 7.67. The van der Waals surface area contributed by atoms with Crippen LogP contribution in [0.3, 0.4) is 0 Å². The van der Waals surface area contributed by atoms with Crippen LogP contribution in [0.15, 0.2) is 48.2 Å². The van der Waals surface area contributed by atoms with Crippen molar-refractivity contribution in [3.63, 3.8) is 0 Å². The maximum absolute atomic E-state index is 13.2. The summed E-state index contributed by atoms with van der Waals surface area (Å²) >= 11 is 0. The van der Waals surface area contributed by atoms with E-state index in [1.165, 1.54) is 4.90 Å². The molecule has 1 heterocycles. The summed E-state index contributed by atoms with van der Waals surface area (Å²) in [4.78, 5) is 27.7. The van der Waals surface area contributed by atoms with E-state index < -0.39 is 0 Å². The summed E-state index contributed by atoms with van der Waals surface area (Å²) in [5.41, 5.74) is 4.31. The molecule has 0 atom stereocenters. The summed E-state index contributed by atoms with van der Waals surface area (Å²) in [6, 6.07) is 13.3. The number of amides is 2. The maximum Gasteiger partial charge on any atom is 0.278 e. The number of carbonyl (C=O) groups excluding carboxylic acids is 2. The molecule has 0 unspecified atom stereocenters. The van der Waals surface area contributed by atoms with Gasteiger partial charge in [0.25, 0.3) is 11.8 Å². The summed E-state index contributed by atoms with van der Waals surface area (Å²) in [5.74, 6) is 0.127. The minimum Gasteiger partial charge on any atom is -0.494 e. The molecule has 1 N–H and O–H groups in total. The van der Waals surface area contributed by atoms with E-state index in [2.05, 4.69) is 5.32 Å². The number of hydrogen-bond acceptors (Lipinski definition) is 5. The highest BCUT2D eigenvalue weighted by molar-refractivity contribution is 6.36. The first-order valence-electron chi connectivity index (χ1n) is 10.6. The van der Waals surface area contributed by atoms with Gasteiger partial charge in [-0.15, -0.1) is 0 Å². The molecule has 1 aliphatic rings. The average molecular weight is 423 g/mol. The molecule has 0 radical (unpaired) electrons. The molecule has 2 aromatic rings. The third-order valence-electron chi connectivity index (χ3n) is 5.16. The Kier molecular flexibility index (Phi) is 7.47. The lowest BCUT2D eigenvalue weighted by Crippen LogP contribution is -2.34. The third kappa shape index (κ3) is 5.14. The number of rotatable bonds is 10. The van der Waals surface area contributed by atoms with Gasteiger partial charge in [-0.3, -0.25) is 14.5 Å². The normalized spacial score (nSPS) is 13.9. The van der Waals surface area contributed by atoms with Crippen LogP contribution < -0.4 is 10.1 Å². The highest BCUT2D eigenvalue weighted by Gasteiger charge is 2.39. The van der Waals surface area contributed by atoms with E-state index in [0.29, 0.717) is 43.0 Å². The van der Waals surface area contributed by atoms with Gasteiger partial charge in [-0.25, -0.2) is 0 Å². The van der Waals surface area contributed by atoms with Crippen LogP contribution in [-0.2, 0) is 14.3 Å². The first-order valence-corrected chi connectivity index (χ1v) is 10.6. The number of anilines is 1. The Balaban J connectivity index is 1.97. The lowest BCUT2D eigenvalue weighted by atomic mass is 10.0. The zero-order valence-electron chi connectivity index (χ0n) is 18.7. The molecular formula is C25H30N2O4.